The van der Waals surface area contributed by atoms with E-state index in [1.54, 1.807) is 6.20 Å². The van der Waals surface area contributed by atoms with E-state index in [4.69, 9.17) is 5.84 Å². The minimum Gasteiger partial charge on any atom is -0.369 e. The molecule has 0 fully saturated rings. The van der Waals surface area contributed by atoms with E-state index in [9.17, 15) is 0 Å². The second-order valence-electron chi connectivity index (χ2n) is 2.81. The highest BCUT2D eigenvalue weighted by Crippen LogP contribution is 2.19. The number of hydrogen-bond acceptors (Lipinski definition) is 5. The molecule has 5 nitrogen and oxygen atoms in total. The van der Waals surface area contributed by atoms with Crippen molar-refractivity contribution in [3.8, 4) is 0 Å². The van der Waals surface area contributed by atoms with Crippen molar-refractivity contribution in [2.24, 2.45) is 5.84 Å². The van der Waals surface area contributed by atoms with Gasteiger partial charge in [-0.1, -0.05) is 13.3 Å². The summed E-state index contributed by atoms with van der Waals surface area (Å²) in [6.45, 7) is 3.04. The van der Waals surface area contributed by atoms with Gasteiger partial charge in [0.05, 0.1) is 4.47 Å². The van der Waals surface area contributed by atoms with Crippen LogP contribution in [0.3, 0.4) is 0 Å². The number of nitrogens with two attached hydrogens (primary N) is 1. The van der Waals surface area contributed by atoms with Gasteiger partial charge in [-0.3, -0.25) is 5.43 Å². The predicted molar refractivity (Wildman–Crippen MR) is 60.9 cm³/mol. The summed E-state index contributed by atoms with van der Waals surface area (Å²) in [7, 11) is 0. The van der Waals surface area contributed by atoms with Crippen LogP contribution in [0.25, 0.3) is 0 Å². The van der Waals surface area contributed by atoms with E-state index in [2.05, 4.69) is 43.6 Å². The van der Waals surface area contributed by atoms with Crippen molar-refractivity contribution in [2.75, 3.05) is 17.3 Å². The van der Waals surface area contributed by atoms with Gasteiger partial charge in [-0.25, -0.2) is 10.8 Å². The average Bonchev–Trinajstić information content (AvgIpc) is 2.21. The van der Waals surface area contributed by atoms with Crippen LogP contribution in [0.5, 0.6) is 0 Å². The maximum absolute atomic E-state index is 5.21. The molecule has 0 aromatic carbocycles. The molecule has 14 heavy (non-hydrogen) atoms. The van der Waals surface area contributed by atoms with Crippen LogP contribution in [-0.4, -0.2) is 16.5 Å². The van der Waals surface area contributed by atoms with Gasteiger partial charge in [0.1, 0.15) is 5.82 Å². The number of halogens is 1. The highest BCUT2D eigenvalue weighted by molar-refractivity contribution is 9.10. The minimum absolute atomic E-state index is 0.409. The maximum Gasteiger partial charge on any atom is 0.239 e. The molecular weight excluding hydrogens is 246 g/mol. The Kier molecular flexibility index (Phi) is 4.61. The van der Waals surface area contributed by atoms with Gasteiger partial charge in [0.15, 0.2) is 0 Å². The lowest BCUT2D eigenvalue weighted by atomic mass is 10.3. The van der Waals surface area contributed by atoms with E-state index in [1.165, 1.54) is 0 Å². The third kappa shape index (κ3) is 3.12. The molecule has 0 saturated heterocycles. The first-order valence-corrected chi connectivity index (χ1v) is 5.30. The van der Waals surface area contributed by atoms with Crippen LogP contribution in [0.15, 0.2) is 10.7 Å². The van der Waals surface area contributed by atoms with Crippen LogP contribution in [0, 0.1) is 0 Å². The van der Waals surface area contributed by atoms with Crippen LogP contribution < -0.4 is 16.6 Å². The molecule has 0 saturated carbocycles. The van der Waals surface area contributed by atoms with Gasteiger partial charge >= 0.3 is 0 Å². The number of hydrogen-bond donors (Lipinski definition) is 3. The SMILES string of the molecule is CCCCNc1nc(NN)ncc1Br. The molecule has 1 heterocycles. The smallest absolute Gasteiger partial charge is 0.239 e. The molecule has 0 unspecified atom stereocenters. The average molecular weight is 260 g/mol. The van der Waals surface area contributed by atoms with Crippen LogP contribution in [0.1, 0.15) is 19.8 Å². The molecule has 0 amide bonds. The molecule has 0 aliphatic rings. The highest BCUT2D eigenvalue weighted by Gasteiger charge is 2.02. The summed E-state index contributed by atoms with van der Waals surface area (Å²) < 4.78 is 0.840. The molecule has 1 aromatic heterocycles. The maximum atomic E-state index is 5.21. The first-order valence-electron chi connectivity index (χ1n) is 4.51. The molecule has 0 aliphatic heterocycles. The molecule has 0 spiro atoms. The van der Waals surface area contributed by atoms with Gasteiger partial charge in [-0.2, -0.15) is 4.98 Å². The zero-order valence-corrected chi connectivity index (χ0v) is 9.63. The first kappa shape index (κ1) is 11.2. The predicted octanol–water partition coefficient (Wildman–Crippen LogP) is 1.74. The van der Waals surface area contributed by atoms with E-state index in [0.29, 0.717) is 5.95 Å². The molecule has 0 bridgehead atoms. The Bertz CT molecular complexity index is 291. The summed E-state index contributed by atoms with van der Waals surface area (Å²) in [5, 5.41) is 3.20. The Labute approximate surface area is 91.6 Å². The summed E-state index contributed by atoms with van der Waals surface area (Å²) in [6.07, 6.45) is 3.93. The minimum atomic E-state index is 0.409. The molecule has 0 atom stereocenters. The Balaban J connectivity index is 2.64. The summed E-state index contributed by atoms with van der Waals surface area (Å²) in [4.78, 5) is 8.11. The van der Waals surface area contributed by atoms with E-state index in [-0.39, 0.29) is 0 Å². The molecule has 1 rings (SSSR count). The van der Waals surface area contributed by atoms with Crippen LogP contribution in [-0.2, 0) is 0 Å². The van der Waals surface area contributed by atoms with Crippen LogP contribution in [0.2, 0.25) is 0 Å². The van der Waals surface area contributed by atoms with Gasteiger partial charge in [0.25, 0.3) is 0 Å². The molecular formula is C8H14BrN5. The zero-order chi connectivity index (χ0) is 10.4. The first-order chi connectivity index (χ1) is 6.77. The number of nitrogens with zero attached hydrogens (tertiary/aromatic N) is 2. The summed E-state index contributed by atoms with van der Waals surface area (Å²) in [5.74, 6) is 6.38. The van der Waals surface area contributed by atoms with Gasteiger partial charge < -0.3 is 5.32 Å². The van der Waals surface area contributed by atoms with Crippen LogP contribution in [0.4, 0.5) is 11.8 Å². The largest absolute Gasteiger partial charge is 0.369 e. The molecule has 78 valence electrons. The van der Waals surface area contributed by atoms with Crippen molar-refractivity contribution < 1.29 is 0 Å². The number of unbranched alkanes of at least 4 members (excludes halogenated alkanes) is 1. The molecule has 6 heteroatoms. The van der Waals surface area contributed by atoms with Crippen molar-refractivity contribution in [2.45, 2.75) is 19.8 Å². The molecule has 1 aromatic rings. The molecule has 4 N–H and O–H groups in total. The summed E-state index contributed by atoms with van der Waals surface area (Å²) in [6, 6.07) is 0. The van der Waals surface area contributed by atoms with Crippen molar-refractivity contribution in [3.05, 3.63) is 10.7 Å². The quantitative estimate of drug-likeness (QED) is 0.427. The Hall–Kier alpha value is -0.880. The lowest BCUT2D eigenvalue weighted by Gasteiger charge is -2.07. The second kappa shape index (κ2) is 5.77. The van der Waals surface area contributed by atoms with Crippen molar-refractivity contribution >= 4 is 27.7 Å². The van der Waals surface area contributed by atoms with Crippen molar-refractivity contribution in [3.63, 3.8) is 0 Å². The fourth-order valence-electron chi connectivity index (χ4n) is 0.944. The lowest BCUT2D eigenvalue weighted by molar-refractivity contribution is 0.829. The van der Waals surface area contributed by atoms with Crippen LogP contribution >= 0.6 is 15.9 Å². The number of anilines is 2. The Morgan fingerprint density at radius 2 is 2.36 bits per heavy atom. The third-order valence-corrected chi connectivity index (χ3v) is 2.28. The second-order valence-corrected chi connectivity index (χ2v) is 3.67. The standard InChI is InChI=1S/C8H14BrN5/c1-2-3-4-11-7-6(9)5-12-8(13-7)14-10/h5H,2-4,10H2,1H3,(H2,11,12,13,14). The summed E-state index contributed by atoms with van der Waals surface area (Å²) >= 11 is 3.36. The Morgan fingerprint density at radius 3 is 3.00 bits per heavy atom. The topological polar surface area (TPSA) is 75.9 Å². The number of nitrogens with one attached hydrogen (secondary N) is 2. The molecule has 0 radical (unpaired) electrons. The van der Waals surface area contributed by atoms with E-state index in [0.717, 1.165) is 29.7 Å². The number of rotatable bonds is 5. The van der Waals surface area contributed by atoms with Gasteiger partial charge in [0.2, 0.25) is 5.95 Å². The zero-order valence-electron chi connectivity index (χ0n) is 8.05. The normalized spacial score (nSPS) is 9.93. The fourth-order valence-corrected chi connectivity index (χ4v) is 1.28. The van der Waals surface area contributed by atoms with E-state index >= 15 is 0 Å². The summed E-state index contributed by atoms with van der Waals surface area (Å²) in [5.41, 5.74) is 2.40. The number of nitrogen functional groups attached to an aromatic ring is 1. The lowest BCUT2D eigenvalue weighted by Crippen LogP contribution is -2.12. The molecule has 0 aliphatic carbocycles. The van der Waals surface area contributed by atoms with Gasteiger partial charge in [0, 0.05) is 12.7 Å². The highest BCUT2D eigenvalue weighted by atomic mass is 79.9. The van der Waals surface area contributed by atoms with Crippen molar-refractivity contribution in [1.82, 2.24) is 9.97 Å². The number of hydrazine groups is 1. The Morgan fingerprint density at radius 1 is 1.57 bits per heavy atom. The van der Waals surface area contributed by atoms with Gasteiger partial charge in [-0.05, 0) is 22.4 Å². The van der Waals surface area contributed by atoms with Gasteiger partial charge in [-0.15, -0.1) is 0 Å². The monoisotopic (exact) mass is 259 g/mol. The van der Waals surface area contributed by atoms with E-state index < -0.39 is 0 Å². The van der Waals surface area contributed by atoms with Crippen molar-refractivity contribution in [1.29, 1.82) is 0 Å². The third-order valence-electron chi connectivity index (χ3n) is 1.70. The van der Waals surface area contributed by atoms with E-state index in [1.807, 2.05) is 0 Å². The number of aromatic nitrogens is 2. The fraction of sp³-hybridized carbons (Fsp3) is 0.500.